The molecular formula is C19H29ClN2O2. The molecule has 0 bridgehead atoms. The minimum Gasteiger partial charge on any atom is -0.379 e. The Kier molecular flexibility index (Phi) is 6.67. The lowest BCUT2D eigenvalue weighted by Gasteiger charge is -2.41. The van der Waals surface area contributed by atoms with Crippen molar-refractivity contribution < 1.29 is 9.53 Å². The number of amides is 1. The van der Waals surface area contributed by atoms with Crippen LogP contribution in [0.4, 0.5) is 0 Å². The van der Waals surface area contributed by atoms with Crippen LogP contribution >= 0.6 is 11.6 Å². The molecule has 0 aliphatic carbocycles. The summed E-state index contributed by atoms with van der Waals surface area (Å²) in [6, 6.07) is 7.58. The number of carbonyl (C=O) groups excluding carboxylic acids is 1. The summed E-state index contributed by atoms with van der Waals surface area (Å²) in [5, 5.41) is 3.85. The van der Waals surface area contributed by atoms with Crippen LogP contribution in [0.15, 0.2) is 24.3 Å². The van der Waals surface area contributed by atoms with Crippen LogP contribution in [0.2, 0.25) is 5.02 Å². The zero-order valence-electron chi connectivity index (χ0n) is 15.1. The van der Waals surface area contributed by atoms with Crippen molar-refractivity contribution >= 4 is 17.5 Å². The van der Waals surface area contributed by atoms with Crippen LogP contribution in [0.1, 0.15) is 39.2 Å². The summed E-state index contributed by atoms with van der Waals surface area (Å²) in [7, 11) is 0. The number of hydrogen-bond acceptors (Lipinski definition) is 3. The van der Waals surface area contributed by atoms with Gasteiger partial charge in [-0.1, -0.05) is 37.6 Å². The van der Waals surface area contributed by atoms with Crippen LogP contribution in [0.3, 0.4) is 0 Å². The first-order valence-corrected chi connectivity index (χ1v) is 9.05. The summed E-state index contributed by atoms with van der Waals surface area (Å²) >= 11 is 5.97. The maximum Gasteiger partial charge on any atom is 0.227 e. The molecule has 2 rings (SSSR count). The Hall–Kier alpha value is -1.10. The number of nitrogens with zero attached hydrogens (tertiary/aromatic N) is 1. The highest BCUT2D eigenvalue weighted by Gasteiger charge is 2.30. The van der Waals surface area contributed by atoms with Gasteiger partial charge in [-0.05, 0) is 37.5 Å². The van der Waals surface area contributed by atoms with Crippen molar-refractivity contribution in [1.82, 2.24) is 10.2 Å². The highest BCUT2D eigenvalue weighted by molar-refractivity contribution is 6.30. The van der Waals surface area contributed by atoms with E-state index < -0.39 is 0 Å². The number of morpholine rings is 1. The second-order valence-electron chi connectivity index (χ2n) is 7.40. The first-order valence-electron chi connectivity index (χ1n) is 8.67. The Morgan fingerprint density at radius 2 is 1.83 bits per heavy atom. The van der Waals surface area contributed by atoms with E-state index in [9.17, 15) is 4.79 Å². The van der Waals surface area contributed by atoms with Crippen molar-refractivity contribution in [1.29, 1.82) is 0 Å². The largest absolute Gasteiger partial charge is 0.379 e. The molecule has 24 heavy (non-hydrogen) atoms. The standard InChI is InChI=1S/C19H29ClN2O2/c1-14(2)17(15-5-7-16(20)8-6-15)18(23)21-13-19(3,4)22-9-11-24-12-10-22/h5-8,14,17H,9-13H2,1-4H3,(H,21,23). The van der Waals surface area contributed by atoms with E-state index in [2.05, 4.69) is 37.9 Å². The lowest BCUT2D eigenvalue weighted by Crippen LogP contribution is -2.55. The van der Waals surface area contributed by atoms with Gasteiger partial charge in [0.15, 0.2) is 0 Å². The Bertz CT molecular complexity index is 537. The number of rotatable bonds is 6. The van der Waals surface area contributed by atoms with Gasteiger partial charge in [-0.3, -0.25) is 9.69 Å². The molecule has 1 aliphatic heterocycles. The molecule has 134 valence electrons. The topological polar surface area (TPSA) is 41.6 Å². The smallest absolute Gasteiger partial charge is 0.227 e. The minimum absolute atomic E-state index is 0.0775. The van der Waals surface area contributed by atoms with Gasteiger partial charge in [0, 0.05) is 30.2 Å². The monoisotopic (exact) mass is 352 g/mol. The molecular weight excluding hydrogens is 324 g/mol. The van der Waals surface area contributed by atoms with Crippen LogP contribution < -0.4 is 5.32 Å². The molecule has 4 nitrogen and oxygen atoms in total. The third-order valence-corrected chi connectivity index (χ3v) is 4.99. The van der Waals surface area contributed by atoms with Crippen molar-refractivity contribution in [3.63, 3.8) is 0 Å². The van der Waals surface area contributed by atoms with Gasteiger partial charge >= 0.3 is 0 Å². The molecule has 0 aromatic heterocycles. The summed E-state index contributed by atoms with van der Waals surface area (Å²) in [4.78, 5) is 15.2. The Balaban J connectivity index is 2.01. The number of nitrogens with one attached hydrogen (secondary N) is 1. The molecule has 5 heteroatoms. The molecule has 0 saturated carbocycles. The van der Waals surface area contributed by atoms with E-state index in [4.69, 9.17) is 16.3 Å². The van der Waals surface area contributed by atoms with Crippen LogP contribution in [-0.4, -0.2) is 49.2 Å². The molecule has 1 heterocycles. The van der Waals surface area contributed by atoms with Gasteiger partial charge in [0.25, 0.3) is 0 Å². The zero-order valence-corrected chi connectivity index (χ0v) is 15.9. The molecule has 1 atom stereocenters. The van der Waals surface area contributed by atoms with E-state index in [0.717, 1.165) is 31.9 Å². The average Bonchev–Trinajstić information content (AvgIpc) is 2.56. The van der Waals surface area contributed by atoms with E-state index in [1.807, 2.05) is 24.3 Å². The third-order valence-electron chi connectivity index (χ3n) is 4.74. The lowest BCUT2D eigenvalue weighted by atomic mass is 9.87. The molecule has 0 radical (unpaired) electrons. The van der Waals surface area contributed by atoms with Crippen molar-refractivity contribution in [3.8, 4) is 0 Å². The summed E-state index contributed by atoms with van der Waals surface area (Å²) in [6.45, 7) is 12.5. The Morgan fingerprint density at radius 3 is 2.38 bits per heavy atom. The van der Waals surface area contributed by atoms with Crippen LogP contribution in [0.25, 0.3) is 0 Å². The fraction of sp³-hybridized carbons (Fsp3) is 0.632. The molecule has 1 aromatic carbocycles. The van der Waals surface area contributed by atoms with E-state index >= 15 is 0 Å². The summed E-state index contributed by atoms with van der Waals surface area (Å²) < 4.78 is 5.42. The Labute approximate surface area is 150 Å². The van der Waals surface area contributed by atoms with E-state index in [1.165, 1.54) is 0 Å². The van der Waals surface area contributed by atoms with Crippen LogP contribution in [0.5, 0.6) is 0 Å². The van der Waals surface area contributed by atoms with Gasteiger partial charge in [0.2, 0.25) is 5.91 Å². The summed E-state index contributed by atoms with van der Waals surface area (Å²) in [5.74, 6) is 0.133. The van der Waals surface area contributed by atoms with Crippen molar-refractivity contribution in [3.05, 3.63) is 34.9 Å². The summed E-state index contributed by atoms with van der Waals surface area (Å²) in [5.41, 5.74) is 0.928. The fourth-order valence-corrected chi connectivity index (χ4v) is 3.33. The van der Waals surface area contributed by atoms with Gasteiger partial charge in [-0.15, -0.1) is 0 Å². The molecule has 1 fully saturated rings. The number of ether oxygens (including phenoxy) is 1. The molecule has 1 amide bonds. The lowest BCUT2D eigenvalue weighted by molar-refractivity contribution is -0.124. The quantitative estimate of drug-likeness (QED) is 0.854. The zero-order chi connectivity index (χ0) is 17.7. The predicted molar refractivity (Wildman–Crippen MR) is 98.5 cm³/mol. The van der Waals surface area contributed by atoms with Gasteiger partial charge in [-0.2, -0.15) is 0 Å². The minimum atomic E-state index is -0.164. The van der Waals surface area contributed by atoms with Crippen LogP contribution in [0, 0.1) is 5.92 Å². The molecule has 1 N–H and O–H groups in total. The molecule has 1 aromatic rings. The summed E-state index contributed by atoms with van der Waals surface area (Å²) in [6.07, 6.45) is 0. The second-order valence-corrected chi connectivity index (χ2v) is 7.84. The molecule has 1 saturated heterocycles. The number of hydrogen-bond donors (Lipinski definition) is 1. The number of halogens is 1. The van der Waals surface area contributed by atoms with Crippen LogP contribution in [-0.2, 0) is 9.53 Å². The molecule has 0 spiro atoms. The first-order chi connectivity index (χ1) is 11.3. The number of carbonyl (C=O) groups is 1. The maximum atomic E-state index is 12.8. The number of benzene rings is 1. The van der Waals surface area contributed by atoms with E-state index in [1.54, 1.807) is 0 Å². The Morgan fingerprint density at radius 1 is 1.25 bits per heavy atom. The SMILES string of the molecule is CC(C)C(C(=O)NCC(C)(C)N1CCOCC1)c1ccc(Cl)cc1. The van der Waals surface area contributed by atoms with Crippen molar-refractivity contribution in [2.45, 2.75) is 39.2 Å². The fourth-order valence-electron chi connectivity index (χ4n) is 3.20. The maximum absolute atomic E-state index is 12.8. The predicted octanol–water partition coefficient (Wildman–Crippen LogP) is 3.31. The normalized spacial score (nSPS) is 17.8. The van der Waals surface area contributed by atoms with Gasteiger partial charge < -0.3 is 10.1 Å². The third kappa shape index (κ3) is 4.95. The van der Waals surface area contributed by atoms with Gasteiger partial charge in [0.1, 0.15) is 0 Å². The highest BCUT2D eigenvalue weighted by atomic mass is 35.5. The van der Waals surface area contributed by atoms with E-state index in [0.29, 0.717) is 11.6 Å². The molecule has 1 aliphatic rings. The van der Waals surface area contributed by atoms with Crippen molar-refractivity contribution in [2.75, 3.05) is 32.8 Å². The first kappa shape index (κ1) is 19.2. The van der Waals surface area contributed by atoms with Gasteiger partial charge in [0.05, 0.1) is 19.1 Å². The molecule has 1 unspecified atom stereocenters. The van der Waals surface area contributed by atoms with Gasteiger partial charge in [-0.25, -0.2) is 0 Å². The average molecular weight is 353 g/mol. The highest BCUT2D eigenvalue weighted by Crippen LogP contribution is 2.26. The second kappa shape index (κ2) is 8.32. The van der Waals surface area contributed by atoms with E-state index in [-0.39, 0.29) is 23.3 Å². The van der Waals surface area contributed by atoms with Crippen molar-refractivity contribution in [2.24, 2.45) is 5.92 Å².